The molecule has 146 valence electrons. The summed E-state index contributed by atoms with van der Waals surface area (Å²) in [4.78, 5) is 27.0. The van der Waals surface area contributed by atoms with E-state index in [0.29, 0.717) is 12.8 Å². The minimum Gasteiger partial charge on any atom is -0.497 e. The Balaban J connectivity index is 1.78. The Bertz CT molecular complexity index is 1160. The van der Waals surface area contributed by atoms with Crippen LogP contribution in [0.4, 0.5) is 0 Å². The molecule has 1 heterocycles. The number of hydrogen-bond donors (Lipinski definition) is 0. The molecule has 2 aromatic carbocycles. The third-order valence-corrected chi connectivity index (χ3v) is 8.05. The monoisotopic (exact) mass is 386 g/mol. The Morgan fingerprint density at radius 2 is 1.34 bits per heavy atom. The van der Waals surface area contributed by atoms with Crippen LogP contribution in [0.1, 0.15) is 60.8 Å². The van der Waals surface area contributed by atoms with Crippen molar-refractivity contribution in [2.75, 3.05) is 7.11 Å². The van der Waals surface area contributed by atoms with Crippen molar-refractivity contribution in [2.24, 2.45) is 10.8 Å². The van der Waals surface area contributed by atoms with Crippen LogP contribution in [0.5, 0.6) is 5.75 Å². The molecular formula is C25H22O4. The number of allylic oxidation sites excluding steroid dienone is 2. The topological polar surface area (TPSA) is 52.6 Å². The molecule has 4 heteroatoms. The Morgan fingerprint density at radius 1 is 0.828 bits per heavy atom. The van der Waals surface area contributed by atoms with E-state index in [1.807, 2.05) is 18.2 Å². The Kier molecular flexibility index (Phi) is 3.04. The number of benzene rings is 2. The van der Waals surface area contributed by atoms with Gasteiger partial charge in [0.2, 0.25) is 0 Å². The summed E-state index contributed by atoms with van der Waals surface area (Å²) in [6.45, 7) is 4.18. The minimum atomic E-state index is -0.883. The molecule has 1 fully saturated rings. The van der Waals surface area contributed by atoms with Crippen molar-refractivity contribution in [3.8, 4) is 5.75 Å². The number of esters is 2. The fraction of sp³-hybridized carbons (Fsp3) is 0.360. The van der Waals surface area contributed by atoms with Gasteiger partial charge < -0.3 is 9.47 Å². The third-order valence-electron chi connectivity index (χ3n) is 8.05. The van der Waals surface area contributed by atoms with E-state index < -0.39 is 10.8 Å². The second-order valence-corrected chi connectivity index (χ2v) is 9.02. The zero-order valence-electron chi connectivity index (χ0n) is 16.7. The quantitative estimate of drug-likeness (QED) is 0.412. The fourth-order valence-electron chi connectivity index (χ4n) is 6.81. The second-order valence-electron chi connectivity index (χ2n) is 9.02. The largest absolute Gasteiger partial charge is 0.497 e. The maximum atomic E-state index is 13.5. The Morgan fingerprint density at radius 3 is 1.90 bits per heavy atom. The summed E-state index contributed by atoms with van der Waals surface area (Å²) < 4.78 is 11.0. The zero-order valence-corrected chi connectivity index (χ0v) is 16.7. The van der Waals surface area contributed by atoms with Crippen LogP contribution in [0.2, 0.25) is 0 Å². The number of rotatable bonds is 1. The molecule has 5 aliphatic rings. The molecule has 0 amide bonds. The van der Waals surface area contributed by atoms with E-state index in [0.717, 1.165) is 28.0 Å². The summed E-state index contributed by atoms with van der Waals surface area (Å²) in [5.74, 6) is -0.331. The SMILES string of the molecule is COc1ccc2c(c1)[C@@H]1c3ccccc3[C@H]2[C@]23CC(C)=C(C)C[C@@]12C(=O)OC3=O. The number of methoxy groups -OCH3 is 1. The van der Waals surface area contributed by atoms with E-state index in [9.17, 15) is 9.59 Å². The summed E-state index contributed by atoms with van der Waals surface area (Å²) in [6, 6.07) is 14.4. The lowest BCUT2D eigenvalue weighted by atomic mass is 9.37. The van der Waals surface area contributed by atoms with Gasteiger partial charge in [-0.25, -0.2) is 0 Å². The predicted molar refractivity (Wildman–Crippen MR) is 107 cm³/mol. The van der Waals surface area contributed by atoms with E-state index >= 15 is 0 Å². The van der Waals surface area contributed by atoms with Gasteiger partial charge >= 0.3 is 11.9 Å². The third kappa shape index (κ3) is 1.65. The summed E-state index contributed by atoms with van der Waals surface area (Å²) in [5, 5.41) is 0. The molecule has 2 bridgehead atoms. The Hall–Kier alpha value is -2.88. The Labute approximate surface area is 169 Å². The van der Waals surface area contributed by atoms with Gasteiger partial charge in [0.25, 0.3) is 0 Å². The second kappa shape index (κ2) is 5.18. The van der Waals surface area contributed by atoms with E-state index in [4.69, 9.17) is 9.47 Å². The van der Waals surface area contributed by atoms with Crippen molar-refractivity contribution in [3.63, 3.8) is 0 Å². The molecule has 1 saturated heterocycles. The lowest BCUT2D eigenvalue weighted by Crippen LogP contribution is -2.60. The average molecular weight is 386 g/mol. The summed E-state index contributed by atoms with van der Waals surface area (Å²) in [7, 11) is 1.66. The van der Waals surface area contributed by atoms with Crippen LogP contribution >= 0.6 is 0 Å². The van der Waals surface area contributed by atoms with Gasteiger partial charge in [-0.05, 0) is 61.1 Å². The molecule has 4 atom stereocenters. The average Bonchev–Trinajstić information content (AvgIpc) is 2.95. The van der Waals surface area contributed by atoms with Gasteiger partial charge in [0.15, 0.2) is 0 Å². The molecule has 0 spiro atoms. The molecule has 7 rings (SSSR count). The highest BCUT2D eigenvalue weighted by molar-refractivity contribution is 6.06. The highest BCUT2D eigenvalue weighted by Gasteiger charge is 2.79. The van der Waals surface area contributed by atoms with Crippen LogP contribution in [0.25, 0.3) is 0 Å². The lowest BCUT2D eigenvalue weighted by molar-refractivity contribution is -0.156. The van der Waals surface area contributed by atoms with Gasteiger partial charge in [0, 0.05) is 11.8 Å². The molecule has 2 aromatic rings. The van der Waals surface area contributed by atoms with Crippen molar-refractivity contribution in [3.05, 3.63) is 75.9 Å². The van der Waals surface area contributed by atoms with E-state index in [1.165, 1.54) is 11.1 Å². The fourth-order valence-corrected chi connectivity index (χ4v) is 6.81. The predicted octanol–water partition coefficient (Wildman–Crippen LogP) is 4.47. The number of ether oxygens (including phenoxy) is 2. The molecule has 4 aliphatic carbocycles. The highest BCUT2D eigenvalue weighted by Crippen LogP contribution is 2.77. The first-order chi connectivity index (χ1) is 14.0. The molecule has 0 N–H and O–H groups in total. The number of carbonyl (C=O) groups is 2. The van der Waals surface area contributed by atoms with Crippen molar-refractivity contribution in [2.45, 2.75) is 38.5 Å². The number of hydrogen-bond acceptors (Lipinski definition) is 4. The molecule has 0 aromatic heterocycles. The van der Waals surface area contributed by atoms with Crippen LogP contribution < -0.4 is 4.74 Å². The van der Waals surface area contributed by atoms with Crippen LogP contribution in [0, 0.1) is 10.8 Å². The first-order valence-corrected chi connectivity index (χ1v) is 10.1. The van der Waals surface area contributed by atoms with Crippen LogP contribution in [0.15, 0.2) is 53.6 Å². The zero-order chi connectivity index (χ0) is 20.1. The number of cyclic esters (lactones) is 2. The van der Waals surface area contributed by atoms with Crippen molar-refractivity contribution >= 4 is 11.9 Å². The van der Waals surface area contributed by atoms with E-state index in [1.54, 1.807) is 7.11 Å². The van der Waals surface area contributed by atoms with Gasteiger partial charge in [-0.1, -0.05) is 41.5 Å². The lowest BCUT2D eigenvalue weighted by Gasteiger charge is -2.60. The van der Waals surface area contributed by atoms with Gasteiger partial charge in [0.1, 0.15) is 16.6 Å². The van der Waals surface area contributed by atoms with Gasteiger partial charge in [0.05, 0.1) is 7.11 Å². The molecule has 0 saturated carbocycles. The van der Waals surface area contributed by atoms with Gasteiger partial charge in [-0.3, -0.25) is 9.59 Å². The first kappa shape index (κ1) is 17.0. The molecule has 1 aliphatic heterocycles. The maximum Gasteiger partial charge on any atom is 0.322 e. The van der Waals surface area contributed by atoms with Gasteiger partial charge in [-0.15, -0.1) is 0 Å². The van der Waals surface area contributed by atoms with Crippen LogP contribution in [-0.4, -0.2) is 19.0 Å². The molecule has 29 heavy (non-hydrogen) atoms. The van der Waals surface area contributed by atoms with Crippen molar-refractivity contribution in [1.82, 2.24) is 0 Å². The highest BCUT2D eigenvalue weighted by atomic mass is 16.6. The molecule has 0 radical (unpaired) electrons. The van der Waals surface area contributed by atoms with Gasteiger partial charge in [-0.2, -0.15) is 0 Å². The molecule has 0 unspecified atom stereocenters. The number of carbonyl (C=O) groups excluding carboxylic acids is 2. The summed E-state index contributed by atoms with van der Waals surface area (Å²) >= 11 is 0. The van der Waals surface area contributed by atoms with E-state index in [-0.39, 0.29) is 23.8 Å². The molecular weight excluding hydrogens is 364 g/mol. The van der Waals surface area contributed by atoms with Crippen LogP contribution in [0.3, 0.4) is 0 Å². The molecule has 4 nitrogen and oxygen atoms in total. The summed E-state index contributed by atoms with van der Waals surface area (Å²) in [5.41, 5.74) is 5.18. The van der Waals surface area contributed by atoms with Crippen molar-refractivity contribution < 1.29 is 19.1 Å². The van der Waals surface area contributed by atoms with Crippen LogP contribution in [-0.2, 0) is 14.3 Å². The first-order valence-electron chi connectivity index (χ1n) is 10.1. The smallest absolute Gasteiger partial charge is 0.322 e. The standard InChI is InChI=1S/C25H22O4/c1-13-11-24-20-16-6-4-5-7-17(16)21(19-10-15(28-3)8-9-18(19)20)25(24,12-14(13)2)23(27)29-22(24)26/h4-10,20-21H,11-12H2,1-3H3/t20-,21+,24+,25+/m1/s1. The maximum absolute atomic E-state index is 13.5. The normalized spacial score (nSPS) is 33.6. The van der Waals surface area contributed by atoms with E-state index in [2.05, 4.69) is 38.1 Å². The van der Waals surface area contributed by atoms with Crippen molar-refractivity contribution in [1.29, 1.82) is 0 Å². The summed E-state index contributed by atoms with van der Waals surface area (Å²) in [6.07, 6.45) is 1.14. The minimum absolute atomic E-state index is 0.188.